The van der Waals surface area contributed by atoms with Crippen molar-refractivity contribution in [2.24, 2.45) is 0 Å². The van der Waals surface area contributed by atoms with E-state index >= 15 is 0 Å². The molecule has 1 unspecified atom stereocenters. The second kappa shape index (κ2) is 6.36. The summed E-state index contributed by atoms with van der Waals surface area (Å²) in [6.45, 7) is 5.16. The van der Waals surface area contributed by atoms with Crippen molar-refractivity contribution in [1.82, 2.24) is 20.6 Å². The standard InChI is InChI=1S/C15H18N4O5/c1-14(2,3)24-15(13(22)23,12-16-18-19-17-12)8-9-4-6-10(7-5-9)11(20)21/h4-7H,8H2,1-3H3,(H,20,21)(H,22,23)(H,16,17,18,19). The van der Waals surface area contributed by atoms with Crippen LogP contribution >= 0.6 is 0 Å². The van der Waals surface area contributed by atoms with E-state index in [-0.39, 0.29) is 17.8 Å². The zero-order valence-electron chi connectivity index (χ0n) is 13.5. The van der Waals surface area contributed by atoms with Gasteiger partial charge in [-0.25, -0.2) is 9.59 Å². The molecule has 9 nitrogen and oxygen atoms in total. The number of ether oxygens (including phenoxy) is 1. The topological polar surface area (TPSA) is 138 Å². The van der Waals surface area contributed by atoms with Crippen LogP contribution in [0.25, 0.3) is 0 Å². The Bertz CT molecular complexity index is 721. The van der Waals surface area contributed by atoms with Gasteiger partial charge < -0.3 is 14.9 Å². The summed E-state index contributed by atoms with van der Waals surface area (Å²) in [7, 11) is 0. The Hall–Kier alpha value is -2.81. The second-order valence-corrected chi connectivity index (χ2v) is 6.26. The Balaban J connectivity index is 2.45. The summed E-state index contributed by atoms with van der Waals surface area (Å²) in [6, 6.07) is 5.87. The number of tetrazole rings is 1. The number of carboxylic acid groups (broad SMARTS) is 2. The van der Waals surface area contributed by atoms with E-state index in [4.69, 9.17) is 9.84 Å². The number of hydrogen-bond donors (Lipinski definition) is 3. The molecule has 1 aromatic carbocycles. The number of benzene rings is 1. The molecule has 0 aliphatic rings. The van der Waals surface area contributed by atoms with E-state index in [1.165, 1.54) is 24.3 Å². The van der Waals surface area contributed by atoms with Crippen molar-refractivity contribution < 1.29 is 24.5 Å². The smallest absolute Gasteiger partial charge is 0.344 e. The lowest BCUT2D eigenvalue weighted by Crippen LogP contribution is -2.47. The summed E-state index contributed by atoms with van der Waals surface area (Å²) in [5.74, 6) is -2.43. The first-order chi connectivity index (χ1) is 11.1. The highest BCUT2D eigenvalue weighted by Crippen LogP contribution is 2.32. The van der Waals surface area contributed by atoms with Gasteiger partial charge in [0.25, 0.3) is 0 Å². The largest absolute Gasteiger partial charge is 0.479 e. The maximum absolute atomic E-state index is 12.0. The Morgan fingerprint density at radius 3 is 2.21 bits per heavy atom. The summed E-state index contributed by atoms with van der Waals surface area (Å²) in [6.07, 6.45) is -0.0843. The number of aromatic carboxylic acids is 1. The van der Waals surface area contributed by atoms with E-state index in [0.717, 1.165) is 0 Å². The maximum Gasteiger partial charge on any atom is 0.344 e. The van der Waals surface area contributed by atoms with Crippen molar-refractivity contribution in [3.8, 4) is 0 Å². The average Bonchev–Trinajstić information content (AvgIpc) is 3.00. The Morgan fingerprint density at radius 2 is 1.79 bits per heavy atom. The summed E-state index contributed by atoms with van der Waals surface area (Å²) in [5, 5.41) is 32.0. The number of aliphatic carboxylic acids is 1. The van der Waals surface area contributed by atoms with Crippen LogP contribution < -0.4 is 0 Å². The molecule has 128 valence electrons. The molecule has 0 aliphatic heterocycles. The van der Waals surface area contributed by atoms with Gasteiger partial charge in [-0.3, -0.25) is 0 Å². The number of rotatable bonds is 6. The van der Waals surface area contributed by atoms with Crippen molar-refractivity contribution in [2.75, 3.05) is 0 Å². The third kappa shape index (κ3) is 3.74. The molecular weight excluding hydrogens is 316 g/mol. The molecule has 1 heterocycles. The first kappa shape index (κ1) is 17.5. The van der Waals surface area contributed by atoms with Gasteiger partial charge in [0.15, 0.2) is 0 Å². The number of nitrogens with one attached hydrogen (secondary N) is 1. The predicted molar refractivity (Wildman–Crippen MR) is 81.4 cm³/mol. The third-order valence-electron chi connectivity index (χ3n) is 3.19. The number of H-pyrrole nitrogens is 1. The van der Waals surface area contributed by atoms with Crippen LogP contribution in [0, 0.1) is 0 Å². The highest BCUT2D eigenvalue weighted by molar-refractivity contribution is 5.87. The molecule has 0 saturated heterocycles. The molecule has 0 saturated carbocycles. The summed E-state index contributed by atoms with van der Waals surface area (Å²) < 4.78 is 5.81. The van der Waals surface area contributed by atoms with Crippen LogP contribution in [0.15, 0.2) is 24.3 Å². The number of carboxylic acids is 2. The Morgan fingerprint density at radius 1 is 1.17 bits per heavy atom. The van der Waals surface area contributed by atoms with Crippen LogP contribution in [0.4, 0.5) is 0 Å². The molecule has 0 bridgehead atoms. The first-order valence-electron chi connectivity index (χ1n) is 7.14. The van der Waals surface area contributed by atoms with Gasteiger partial charge in [-0.1, -0.05) is 17.3 Å². The third-order valence-corrected chi connectivity index (χ3v) is 3.19. The molecule has 0 spiro atoms. The Kier molecular flexibility index (Phi) is 4.65. The molecule has 0 radical (unpaired) electrons. The molecule has 0 fully saturated rings. The lowest BCUT2D eigenvalue weighted by molar-refractivity contribution is -0.189. The monoisotopic (exact) mass is 334 g/mol. The highest BCUT2D eigenvalue weighted by atomic mass is 16.5. The fourth-order valence-corrected chi connectivity index (χ4v) is 2.28. The molecule has 1 aromatic heterocycles. The number of hydrogen-bond acceptors (Lipinski definition) is 6. The van der Waals surface area contributed by atoms with E-state index < -0.39 is 23.1 Å². The van der Waals surface area contributed by atoms with Crippen LogP contribution in [-0.4, -0.2) is 48.4 Å². The normalized spacial score (nSPS) is 14.1. The molecule has 2 rings (SSSR count). The molecule has 1 atom stereocenters. The molecule has 24 heavy (non-hydrogen) atoms. The number of aromatic nitrogens is 4. The van der Waals surface area contributed by atoms with Gasteiger partial charge in [0.05, 0.1) is 11.2 Å². The highest BCUT2D eigenvalue weighted by Gasteiger charge is 2.48. The van der Waals surface area contributed by atoms with Gasteiger partial charge >= 0.3 is 11.9 Å². The van der Waals surface area contributed by atoms with E-state index in [9.17, 15) is 14.7 Å². The minimum atomic E-state index is -1.85. The van der Waals surface area contributed by atoms with E-state index in [2.05, 4.69) is 20.6 Å². The zero-order valence-corrected chi connectivity index (χ0v) is 13.5. The quantitative estimate of drug-likeness (QED) is 0.717. The van der Waals surface area contributed by atoms with Gasteiger partial charge in [0.2, 0.25) is 11.4 Å². The summed E-state index contributed by atoms with van der Waals surface area (Å²) in [4.78, 5) is 23.0. The lowest BCUT2D eigenvalue weighted by Gasteiger charge is -2.33. The van der Waals surface area contributed by atoms with Crippen molar-refractivity contribution in [1.29, 1.82) is 0 Å². The van der Waals surface area contributed by atoms with Crippen LogP contribution in [0.3, 0.4) is 0 Å². The van der Waals surface area contributed by atoms with Crippen molar-refractivity contribution in [3.63, 3.8) is 0 Å². The SMILES string of the molecule is CC(C)(C)OC(Cc1ccc(C(=O)O)cc1)(C(=O)O)c1nn[nH]n1. The fourth-order valence-electron chi connectivity index (χ4n) is 2.28. The van der Waals surface area contributed by atoms with Crippen molar-refractivity contribution in [3.05, 3.63) is 41.2 Å². The van der Waals surface area contributed by atoms with Gasteiger partial charge in [-0.15, -0.1) is 10.2 Å². The van der Waals surface area contributed by atoms with E-state index in [1.807, 2.05) is 0 Å². The van der Waals surface area contributed by atoms with Gasteiger partial charge in [-0.2, -0.15) is 5.21 Å². The van der Waals surface area contributed by atoms with Crippen molar-refractivity contribution >= 4 is 11.9 Å². The molecule has 0 amide bonds. The lowest BCUT2D eigenvalue weighted by atomic mass is 9.91. The minimum Gasteiger partial charge on any atom is -0.479 e. The van der Waals surface area contributed by atoms with Crippen LogP contribution in [-0.2, 0) is 21.6 Å². The van der Waals surface area contributed by atoms with Gasteiger partial charge in [-0.05, 0) is 38.5 Å². The van der Waals surface area contributed by atoms with E-state index in [0.29, 0.717) is 5.56 Å². The average molecular weight is 334 g/mol. The van der Waals surface area contributed by atoms with Gasteiger partial charge in [0, 0.05) is 6.42 Å². The number of carbonyl (C=O) groups is 2. The van der Waals surface area contributed by atoms with Crippen molar-refractivity contribution in [2.45, 2.75) is 38.4 Å². The molecule has 3 N–H and O–H groups in total. The fraction of sp³-hybridized carbons (Fsp3) is 0.400. The zero-order chi connectivity index (χ0) is 18.0. The van der Waals surface area contributed by atoms with E-state index in [1.54, 1.807) is 20.8 Å². The number of nitrogens with zero attached hydrogens (tertiary/aromatic N) is 3. The van der Waals surface area contributed by atoms with Gasteiger partial charge in [0.1, 0.15) is 0 Å². The second-order valence-electron chi connectivity index (χ2n) is 6.26. The van der Waals surface area contributed by atoms with Crippen LogP contribution in [0.1, 0.15) is 42.5 Å². The Labute approximate surface area is 137 Å². The van der Waals surface area contributed by atoms with Crippen LogP contribution in [0.5, 0.6) is 0 Å². The molecule has 9 heteroatoms. The molecular formula is C15H18N4O5. The molecule has 0 aliphatic carbocycles. The summed E-state index contributed by atoms with van der Waals surface area (Å²) >= 11 is 0. The minimum absolute atomic E-state index is 0.0843. The number of aromatic amines is 1. The first-order valence-corrected chi connectivity index (χ1v) is 7.14. The summed E-state index contributed by atoms with van der Waals surface area (Å²) in [5.41, 5.74) is -1.97. The predicted octanol–water partition coefficient (Wildman–Crippen LogP) is 1.24. The van der Waals surface area contributed by atoms with Crippen LogP contribution in [0.2, 0.25) is 0 Å². The molecule has 2 aromatic rings. The maximum atomic E-state index is 12.0.